The Kier molecular flexibility index (Phi) is 4.26. The molecule has 0 radical (unpaired) electrons. The zero-order valence-corrected chi connectivity index (χ0v) is 10.6. The van der Waals surface area contributed by atoms with E-state index in [2.05, 4.69) is 6.92 Å². The predicted octanol–water partition coefficient (Wildman–Crippen LogP) is 3.28. The van der Waals surface area contributed by atoms with Gasteiger partial charge in [0.1, 0.15) is 0 Å². The summed E-state index contributed by atoms with van der Waals surface area (Å²) in [5.41, 5.74) is -0.370. The molecule has 1 aliphatic carbocycles. The first kappa shape index (κ1) is 12.4. The van der Waals surface area contributed by atoms with Gasteiger partial charge < -0.3 is 9.84 Å². The highest BCUT2D eigenvalue weighted by Crippen LogP contribution is 2.37. The fourth-order valence-corrected chi connectivity index (χ4v) is 3.34. The van der Waals surface area contributed by atoms with Gasteiger partial charge in [-0.05, 0) is 44.4 Å². The highest BCUT2D eigenvalue weighted by Gasteiger charge is 2.34. The lowest BCUT2D eigenvalue weighted by Gasteiger charge is -2.37. The molecule has 0 bridgehead atoms. The second-order valence-electron chi connectivity index (χ2n) is 5.77. The van der Waals surface area contributed by atoms with E-state index < -0.39 is 0 Å². The van der Waals surface area contributed by atoms with Crippen LogP contribution in [0.5, 0.6) is 0 Å². The third-order valence-corrected chi connectivity index (χ3v) is 4.46. The summed E-state index contributed by atoms with van der Waals surface area (Å²) >= 11 is 0. The molecule has 1 saturated carbocycles. The number of ether oxygens (including phenoxy) is 1. The summed E-state index contributed by atoms with van der Waals surface area (Å²) in [5, 5.41) is 10.6. The molecule has 1 aliphatic heterocycles. The van der Waals surface area contributed by atoms with Gasteiger partial charge in [0.05, 0.1) is 11.7 Å². The van der Waals surface area contributed by atoms with Crippen molar-refractivity contribution < 1.29 is 9.84 Å². The summed E-state index contributed by atoms with van der Waals surface area (Å²) in [4.78, 5) is 0. The van der Waals surface area contributed by atoms with Crippen LogP contribution in [0.15, 0.2) is 0 Å². The van der Waals surface area contributed by atoms with Crippen LogP contribution in [0, 0.1) is 5.92 Å². The molecule has 2 heteroatoms. The maximum Gasteiger partial charge on any atom is 0.0651 e. The number of hydrogen-bond acceptors (Lipinski definition) is 2. The van der Waals surface area contributed by atoms with Crippen LogP contribution in [0.2, 0.25) is 0 Å². The number of hydrogen-bond donors (Lipinski definition) is 1. The van der Waals surface area contributed by atoms with Gasteiger partial charge in [-0.3, -0.25) is 0 Å². The molecule has 0 aromatic rings. The molecular formula is C14H26O2. The Hall–Kier alpha value is -0.0800. The van der Waals surface area contributed by atoms with Crippen molar-refractivity contribution in [1.29, 1.82) is 0 Å². The standard InChI is InChI=1S/C14H26O2/c1-2-12-5-3-8-14(15,11-12)9-7-13-6-4-10-16-13/h12-13,15H,2-11H2,1H3. The van der Waals surface area contributed by atoms with Crippen LogP contribution in [-0.2, 0) is 4.74 Å². The molecule has 2 nitrogen and oxygen atoms in total. The fraction of sp³-hybridized carbons (Fsp3) is 1.00. The largest absolute Gasteiger partial charge is 0.390 e. The highest BCUT2D eigenvalue weighted by atomic mass is 16.5. The molecule has 1 saturated heterocycles. The molecule has 2 rings (SSSR count). The lowest BCUT2D eigenvalue weighted by atomic mass is 9.74. The molecule has 1 N–H and O–H groups in total. The zero-order chi connectivity index (χ0) is 11.4. The Labute approximate surface area is 99.4 Å². The molecule has 94 valence electrons. The molecule has 3 unspecified atom stereocenters. The van der Waals surface area contributed by atoms with Gasteiger partial charge in [-0.1, -0.05) is 26.2 Å². The van der Waals surface area contributed by atoms with E-state index in [4.69, 9.17) is 4.74 Å². The topological polar surface area (TPSA) is 29.5 Å². The number of aliphatic hydroxyl groups is 1. The van der Waals surface area contributed by atoms with E-state index in [0.717, 1.165) is 38.2 Å². The van der Waals surface area contributed by atoms with Crippen molar-refractivity contribution in [3.05, 3.63) is 0 Å². The molecular weight excluding hydrogens is 200 g/mol. The van der Waals surface area contributed by atoms with Crippen molar-refractivity contribution in [2.24, 2.45) is 5.92 Å². The van der Waals surface area contributed by atoms with Gasteiger partial charge in [0.15, 0.2) is 0 Å². The number of rotatable bonds is 4. The van der Waals surface area contributed by atoms with Crippen molar-refractivity contribution in [1.82, 2.24) is 0 Å². The van der Waals surface area contributed by atoms with Crippen LogP contribution in [0.1, 0.15) is 64.7 Å². The van der Waals surface area contributed by atoms with Crippen LogP contribution in [0.3, 0.4) is 0 Å². The van der Waals surface area contributed by atoms with Gasteiger partial charge in [-0.2, -0.15) is 0 Å². The molecule has 16 heavy (non-hydrogen) atoms. The summed E-state index contributed by atoms with van der Waals surface area (Å²) in [6.45, 7) is 3.18. The van der Waals surface area contributed by atoms with Gasteiger partial charge in [0.25, 0.3) is 0 Å². The lowest BCUT2D eigenvalue weighted by molar-refractivity contribution is -0.0353. The van der Waals surface area contributed by atoms with Crippen LogP contribution >= 0.6 is 0 Å². The Bertz CT molecular complexity index is 211. The van der Waals surface area contributed by atoms with Gasteiger partial charge >= 0.3 is 0 Å². The van der Waals surface area contributed by atoms with Crippen molar-refractivity contribution in [3.63, 3.8) is 0 Å². The van der Waals surface area contributed by atoms with Crippen molar-refractivity contribution in [2.75, 3.05) is 6.61 Å². The van der Waals surface area contributed by atoms with E-state index in [9.17, 15) is 5.11 Å². The molecule has 0 aromatic carbocycles. The SMILES string of the molecule is CCC1CCCC(O)(CCC2CCCO2)C1. The maximum absolute atomic E-state index is 10.6. The fourth-order valence-electron chi connectivity index (χ4n) is 3.34. The monoisotopic (exact) mass is 226 g/mol. The first-order valence-electron chi connectivity index (χ1n) is 7.06. The van der Waals surface area contributed by atoms with Crippen LogP contribution in [0.4, 0.5) is 0 Å². The molecule has 2 aliphatic rings. The van der Waals surface area contributed by atoms with Gasteiger partial charge in [-0.25, -0.2) is 0 Å². The van der Waals surface area contributed by atoms with Crippen molar-refractivity contribution >= 4 is 0 Å². The summed E-state index contributed by atoms with van der Waals surface area (Å²) in [6.07, 6.45) is 10.6. The van der Waals surface area contributed by atoms with Crippen LogP contribution < -0.4 is 0 Å². The van der Waals surface area contributed by atoms with Gasteiger partial charge in [0.2, 0.25) is 0 Å². The summed E-state index contributed by atoms with van der Waals surface area (Å²) < 4.78 is 5.63. The first-order valence-corrected chi connectivity index (χ1v) is 7.06. The molecule has 1 heterocycles. The minimum atomic E-state index is -0.370. The maximum atomic E-state index is 10.6. The van der Waals surface area contributed by atoms with E-state index in [-0.39, 0.29) is 5.60 Å². The van der Waals surface area contributed by atoms with Crippen molar-refractivity contribution in [3.8, 4) is 0 Å². The third-order valence-electron chi connectivity index (χ3n) is 4.46. The Morgan fingerprint density at radius 2 is 2.19 bits per heavy atom. The molecule has 3 atom stereocenters. The molecule has 0 aromatic heterocycles. The summed E-state index contributed by atoms with van der Waals surface area (Å²) in [7, 11) is 0. The first-order chi connectivity index (χ1) is 7.72. The summed E-state index contributed by atoms with van der Waals surface area (Å²) in [5.74, 6) is 0.753. The Balaban J connectivity index is 1.77. The predicted molar refractivity (Wildman–Crippen MR) is 65.4 cm³/mol. The lowest BCUT2D eigenvalue weighted by Crippen LogP contribution is -2.36. The summed E-state index contributed by atoms with van der Waals surface area (Å²) in [6, 6.07) is 0. The van der Waals surface area contributed by atoms with Crippen LogP contribution in [-0.4, -0.2) is 23.4 Å². The molecule has 0 amide bonds. The second kappa shape index (κ2) is 5.50. The molecule has 2 fully saturated rings. The average Bonchev–Trinajstić information content (AvgIpc) is 2.79. The van der Waals surface area contributed by atoms with E-state index in [1.807, 2.05) is 0 Å². The normalized spacial score (nSPS) is 40.1. The van der Waals surface area contributed by atoms with E-state index in [1.54, 1.807) is 0 Å². The highest BCUT2D eigenvalue weighted by molar-refractivity contribution is 4.87. The molecule has 0 spiro atoms. The van der Waals surface area contributed by atoms with Crippen LogP contribution in [0.25, 0.3) is 0 Å². The second-order valence-corrected chi connectivity index (χ2v) is 5.77. The minimum Gasteiger partial charge on any atom is -0.390 e. The van der Waals surface area contributed by atoms with Gasteiger partial charge in [-0.15, -0.1) is 0 Å². The van der Waals surface area contributed by atoms with E-state index >= 15 is 0 Å². The van der Waals surface area contributed by atoms with E-state index in [0.29, 0.717) is 6.10 Å². The van der Waals surface area contributed by atoms with Crippen molar-refractivity contribution in [2.45, 2.75) is 76.4 Å². The average molecular weight is 226 g/mol. The van der Waals surface area contributed by atoms with Gasteiger partial charge in [0, 0.05) is 6.61 Å². The zero-order valence-electron chi connectivity index (χ0n) is 10.6. The third kappa shape index (κ3) is 3.21. The minimum absolute atomic E-state index is 0.370. The quantitative estimate of drug-likeness (QED) is 0.797. The Morgan fingerprint density at radius 3 is 2.88 bits per heavy atom. The van der Waals surface area contributed by atoms with E-state index in [1.165, 1.54) is 32.1 Å². The smallest absolute Gasteiger partial charge is 0.0651 e. The Morgan fingerprint density at radius 1 is 1.31 bits per heavy atom.